The number of hydrogen-bond donors (Lipinski definition) is 0. The summed E-state index contributed by atoms with van der Waals surface area (Å²) in [5.41, 5.74) is 1.46. The van der Waals surface area contributed by atoms with Gasteiger partial charge in [0, 0.05) is 18.0 Å². The van der Waals surface area contributed by atoms with Crippen molar-refractivity contribution in [1.82, 2.24) is 4.98 Å². The summed E-state index contributed by atoms with van der Waals surface area (Å²) in [6.07, 6.45) is 6.65. The third-order valence-electron chi connectivity index (χ3n) is 2.77. The van der Waals surface area contributed by atoms with Crippen molar-refractivity contribution in [2.75, 3.05) is 6.79 Å². The molecular formula is C15H11NO3. The quantitative estimate of drug-likeness (QED) is 0.623. The van der Waals surface area contributed by atoms with Crippen molar-refractivity contribution in [3.63, 3.8) is 0 Å². The van der Waals surface area contributed by atoms with E-state index in [0.29, 0.717) is 17.1 Å². The van der Waals surface area contributed by atoms with Crippen LogP contribution in [0.4, 0.5) is 0 Å². The molecule has 0 fully saturated rings. The lowest BCUT2D eigenvalue weighted by atomic mass is 10.1. The number of allylic oxidation sites excluding steroid dienone is 1. The number of ketones is 1. The smallest absolute Gasteiger partial charge is 0.231 e. The summed E-state index contributed by atoms with van der Waals surface area (Å²) in [5, 5.41) is 0. The normalized spacial score (nSPS) is 12.8. The van der Waals surface area contributed by atoms with Gasteiger partial charge in [-0.1, -0.05) is 6.07 Å². The Kier molecular flexibility index (Phi) is 2.98. The molecule has 0 saturated heterocycles. The number of rotatable bonds is 3. The first-order valence-corrected chi connectivity index (χ1v) is 5.85. The maximum Gasteiger partial charge on any atom is 0.231 e. The van der Waals surface area contributed by atoms with Crippen molar-refractivity contribution in [3.8, 4) is 11.5 Å². The molecule has 0 radical (unpaired) electrons. The summed E-state index contributed by atoms with van der Waals surface area (Å²) >= 11 is 0. The van der Waals surface area contributed by atoms with Crippen LogP contribution in [0.25, 0.3) is 6.08 Å². The van der Waals surface area contributed by atoms with Gasteiger partial charge >= 0.3 is 0 Å². The zero-order valence-electron chi connectivity index (χ0n) is 10.1. The summed E-state index contributed by atoms with van der Waals surface area (Å²) in [5.74, 6) is 1.20. The Balaban J connectivity index is 1.79. The maximum atomic E-state index is 12.0. The van der Waals surface area contributed by atoms with E-state index in [1.807, 2.05) is 12.1 Å². The van der Waals surface area contributed by atoms with E-state index in [-0.39, 0.29) is 12.6 Å². The predicted molar refractivity (Wildman–Crippen MR) is 70.2 cm³/mol. The molecule has 3 rings (SSSR count). The Hall–Kier alpha value is -2.62. The van der Waals surface area contributed by atoms with Crippen LogP contribution in [0.2, 0.25) is 0 Å². The molecule has 4 nitrogen and oxygen atoms in total. The van der Waals surface area contributed by atoms with Crippen LogP contribution in [0.15, 0.2) is 48.8 Å². The van der Waals surface area contributed by atoms with Gasteiger partial charge in [-0.3, -0.25) is 9.78 Å². The first-order valence-electron chi connectivity index (χ1n) is 5.85. The third kappa shape index (κ3) is 2.47. The van der Waals surface area contributed by atoms with Crippen LogP contribution in [0.1, 0.15) is 15.9 Å². The fraction of sp³-hybridized carbons (Fsp3) is 0.0667. The molecule has 19 heavy (non-hydrogen) atoms. The maximum absolute atomic E-state index is 12.0. The van der Waals surface area contributed by atoms with Crippen molar-refractivity contribution in [2.24, 2.45) is 0 Å². The second-order valence-corrected chi connectivity index (χ2v) is 4.05. The lowest BCUT2D eigenvalue weighted by Crippen LogP contribution is -1.94. The molecule has 0 bridgehead atoms. The summed E-state index contributed by atoms with van der Waals surface area (Å²) < 4.78 is 10.4. The fourth-order valence-corrected chi connectivity index (χ4v) is 1.79. The van der Waals surface area contributed by atoms with Crippen LogP contribution >= 0.6 is 0 Å². The highest BCUT2D eigenvalue weighted by Crippen LogP contribution is 2.32. The molecule has 2 aromatic rings. The zero-order chi connectivity index (χ0) is 13.1. The van der Waals surface area contributed by atoms with E-state index in [1.165, 1.54) is 6.08 Å². The third-order valence-corrected chi connectivity index (χ3v) is 2.77. The number of carbonyl (C=O) groups is 1. The van der Waals surface area contributed by atoms with Crippen molar-refractivity contribution in [1.29, 1.82) is 0 Å². The first kappa shape index (κ1) is 11.5. The summed E-state index contributed by atoms with van der Waals surface area (Å²) in [6, 6.07) is 8.87. The van der Waals surface area contributed by atoms with Gasteiger partial charge in [0.15, 0.2) is 17.3 Å². The second-order valence-electron chi connectivity index (χ2n) is 4.05. The van der Waals surface area contributed by atoms with Crippen LogP contribution in [-0.2, 0) is 0 Å². The molecule has 4 heteroatoms. The van der Waals surface area contributed by atoms with E-state index in [4.69, 9.17) is 9.47 Å². The van der Waals surface area contributed by atoms with Gasteiger partial charge in [-0.2, -0.15) is 0 Å². The van der Waals surface area contributed by atoms with Crippen molar-refractivity contribution < 1.29 is 14.3 Å². The molecule has 1 aliphatic heterocycles. The number of carbonyl (C=O) groups excluding carboxylic acids is 1. The Labute approximate surface area is 110 Å². The van der Waals surface area contributed by atoms with E-state index in [2.05, 4.69) is 4.98 Å². The van der Waals surface area contributed by atoms with E-state index in [9.17, 15) is 4.79 Å². The van der Waals surface area contributed by atoms with Gasteiger partial charge in [0.2, 0.25) is 6.79 Å². The summed E-state index contributed by atoms with van der Waals surface area (Å²) in [4.78, 5) is 16.0. The molecule has 1 aromatic heterocycles. The molecule has 0 aliphatic carbocycles. The largest absolute Gasteiger partial charge is 0.454 e. The number of pyridine rings is 1. The molecule has 0 N–H and O–H groups in total. The van der Waals surface area contributed by atoms with Crippen LogP contribution in [-0.4, -0.2) is 17.6 Å². The average Bonchev–Trinajstić information content (AvgIpc) is 2.93. The van der Waals surface area contributed by atoms with Crippen LogP contribution in [0.5, 0.6) is 11.5 Å². The molecule has 0 unspecified atom stereocenters. The van der Waals surface area contributed by atoms with E-state index in [1.54, 1.807) is 36.7 Å². The molecule has 2 heterocycles. The molecule has 94 valence electrons. The number of ether oxygens (including phenoxy) is 2. The molecule has 0 saturated carbocycles. The van der Waals surface area contributed by atoms with Crippen LogP contribution in [0.3, 0.4) is 0 Å². The van der Waals surface area contributed by atoms with Crippen LogP contribution in [0, 0.1) is 0 Å². The van der Waals surface area contributed by atoms with Gasteiger partial charge in [-0.15, -0.1) is 0 Å². The molecule has 1 aromatic carbocycles. The van der Waals surface area contributed by atoms with E-state index < -0.39 is 0 Å². The SMILES string of the molecule is O=C(/C=C\c1cccnc1)c1ccc2c(c1)OCO2. The molecule has 0 atom stereocenters. The molecule has 1 aliphatic rings. The lowest BCUT2D eigenvalue weighted by molar-refractivity contribution is 0.104. The van der Waals surface area contributed by atoms with E-state index >= 15 is 0 Å². The summed E-state index contributed by atoms with van der Waals surface area (Å²) in [7, 11) is 0. The highest BCUT2D eigenvalue weighted by atomic mass is 16.7. The van der Waals surface area contributed by atoms with Crippen molar-refractivity contribution in [2.45, 2.75) is 0 Å². The highest BCUT2D eigenvalue weighted by Gasteiger charge is 2.14. The average molecular weight is 253 g/mol. The van der Waals surface area contributed by atoms with Gasteiger partial charge in [-0.05, 0) is 42.0 Å². The second kappa shape index (κ2) is 4.94. The van der Waals surface area contributed by atoms with Crippen LogP contribution < -0.4 is 9.47 Å². The lowest BCUT2D eigenvalue weighted by Gasteiger charge is -1.99. The minimum absolute atomic E-state index is 0.0813. The number of aromatic nitrogens is 1. The molecule has 0 spiro atoms. The van der Waals surface area contributed by atoms with Crippen molar-refractivity contribution >= 4 is 11.9 Å². The highest BCUT2D eigenvalue weighted by molar-refractivity contribution is 6.07. The minimum Gasteiger partial charge on any atom is -0.454 e. The number of hydrogen-bond acceptors (Lipinski definition) is 4. The van der Waals surface area contributed by atoms with Gasteiger partial charge in [-0.25, -0.2) is 0 Å². The standard InChI is InChI=1S/C15H11NO3/c17-13(5-3-11-2-1-7-16-9-11)12-4-6-14-15(8-12)19-10-18-14/h1-9H,10H2/b5-3-. The van der Waals surface area contributed by atoms with Gasteiger partial charge in [0.1, 0.15) is 0 Å². The van der Waals surface area contributed by atoms with Gasteiger partial charge in [0.05, 0.1) is 0 Å². The van der Waals surface area contributed by atoms with Gasteiger partial charge in [0.25, 0.3) is 0 Å². The van der Waals surface area contributed by atoms with Gasteiger partial charge < -0.3 is 9.47 Å². The zero-order valence-corrected chi connectivity index (χ0v) is 10.1. The van der Waals surface area contributed by atoms with E-state index in [0.717, 1.165) is 5.56 Å². The van der Waals surface area contributed by atoms with Crippen molar-refractivity contribution in [3.05, 3.63) is 59.9 Å². The first-order chi connectivity index (χ1) is 9.33. The topological polar surface area (TPSA) is 48.4 Å². The number of benzene rings is 1. The Morgan fingerprint density at radius 2 is 2.11 bits per heavy atom. The Bertz CT molecular complexity index is 635. The number of fused-ring (bicyclic) bond motifs is 1. The Morgan fingerprint density at radius 3 is 2.95 bits per heavy atom. The predicted octanol–water partition coefficient (Wildman–Crippen LogP) is 2.71. The fourth-order valence-electron chi connectivity index (χ4n) is 1.79. The molecule has 0 amide bonds. The summed E-state index contributed by atoms with van der Waals surface area (Å²) in [6.45, 7) is 0.207. The number of nitrogens with zero attached hydrogens (tertiary/aromatic N) is 1. The minimum atomic E-state index is -0.0813. The molecular weight excluding hydrogens is 242 g/mol. The monoisotopic (exact) mass is 253 g/mol. The Morgan fingerprint density at radius 1 is 1.21 bits per heavy atom.